The number of hydrogen-bond acceptors (Lipinski definition) is 4. The van der Waals surface area contributed by atoms with E-state index in [1.54, 1.807) is 0 Å². The van der Waals surface area contributed by atoms with E-state index in [0.717, 1.165) is 5.46 Å². The van der Waals surface area contributed by atoms with E-state index in [1.165, 1.54) is 0 Å². The molecule has 0 saturated carbocycles. The molecule has 0 amide bonds. The molecule has 0 aromatic heterocycles. The Morgan fingerprint density at radius 1 is 0.938 bits per heavy atom. The SMILES string of the molecule is OCCCOB(OCCO)c1ccccc1. The topological polar surface area (TPSA) is 58.9 Å². The van der Waals surface area contributed by atoms with Crippen LogP contribution in [0, 0.1) is 0 Å². The quantitative estimate of drug-likeness (QED) is 0.473. The lowest BCUT2D eigenvalue weighted by molar-refractivity contribution is 0.152. The van der Waals surface area contributed by atoms with E-state index < -0.39 is 7.12 Å². The number of hydrogen-bond donors (Lipinski definition) is 2. The Bertz CT molecular complexity index is 268. The summed E-state index contributed by atoms with van der Waals surface area (Å²) in [6, 6.07) is 9.53. The highest BCUT2D eigenvalue weighted by Gasteiger charge is 2.20. The smallest absolute Gasteiger partial charge is 0.407 e. The molecule has 0 unspecified atom stereocenters. The molecule has 0 aliphatic heterocycles. The molecule has 0 heterocycles. The zero-order valence-electron chi connectivity index (χ0n) is 9.21. The van der Waals surface area contributed by atoms with Crippen LogP contribution in [0.4, 0.5) is 0 Å². The summed E-state index contributed by atoms with van der Waals surface area (Å²) >= 11 is 0. The van der Waals surface area contributed by atoms with Crippen LogP contribution in [-0.2, 0) is 9.31 Å². The maximum Gasteiger partial charge on any atom is 0.493 e. The van der Waals surface area contributed by atoms with Crippen LogP contribution in [0.3, 0.4) is 0 Å². The van der Waals surface area contributed by atoms with Gasteiger partial charge in [0.2, 0.25) is 0 Å². The molecule has 0 aliphatic carbocycles. The van der Waals surface area contributed by atoms with Gasteiger partial charge in [0.25, 0.3) is 0 Å². The average Bonchev–Trinajstić information content (AvgIpc) is 2.35. The number of aliphatic hydroxyl groups excluding tert-OH is 2. The maximum absolute atomic E-state index is 8.71. The van der Waals surface area contributed by atoms with Crippen molar-refractivity contribution in [3.63, 3.8) is 0 Å². The van der Waals surface area contributed by atoms with Gasteiger partial charge in [0.15, 0.2) is 0 Å². The fraction of sp³-hybridized carbons (Fsp3) is 0.455. The summed E-state index contributed by atoms with van der Waals surface area (Å²) in [6.07, 6.45) is 0.575. The molecular formula is C11H17BO4. The molecule has 1 rings (SSSR count). The molecule has 5 heteroatoms. The van der Waals surface area contributed by atoms with Crippen LogP contribution >= 0.6 is 0 Å². The van der Waals surface area contributed by atoms with E-state index in [4.69, 9.17) is 19.5 Å². The molecular weight excluding hydrogens is 207 g/mol. The molecule has 2 N–H and O–H groups in total. The Labute approximate surface area is 96.0 Å². The second kappa shape index (κ2) is 8.30. The molecule has 0 fully saturated rings. The van der Waals surface area contributed by atoms with Crippen LogP contribution in [0.25, 0.3) is 0 Å². The van der Waals surface area contributed by atoms with Crippen molar-refractivity contribution in [1.29, 1.82) is 0 Å². The van der Waals surface area contributed by atoms with Gasteiger partial charge in [0.1, 0.15) is 0 Å². The first-order chi connectivity index (χ1) is 7.88. The first kappa shape index (κ1) is 13.2. The van der Waals surface area contributed by atoms with Crippen molar-refractivity contribution >= 4 is 12.6 Å². The second-order valence-corrected chi connectivity index (χ2v) is 3.28. The zero-order chi connectivity index (χ0) is 11.6. The predicted octanol–water partition coefficient (Wildman–Crippen LogP) is -0.210. The third kappa shape index (κ3) is 4.76. The minimum absolute atomic E-state index is 0.0350. The normalized spacial score (nSPS) is 10.4. The highest BCUT2D eigenvalue weighted by molar-refractivity contribution is 6.61. The largest absolute Gasteiger partial charge is 0.493 e. The number of rotatable bonds is 8. The van der Waals surface area contributed by atoms with Gasteiger partial charge >= 0.3 is 7.12 Å². The Kier molecular flexibility index (Phi) is 6.84. The van der Waals surface area contributed by atoms with Gasteiger partial charge in [0, 0.05) is 13.2 Å². The molecule has 0 spiro atoms. The van der Waals surface area contributed by atoms with E-state index in [-0.39, 0.29) is 19.8 Å². The van der Waals surface area contributed by atoms with Crippen molar-refractivity contribution in [2.45, 2.75) is 6.42 Å². The Morgan fingerprint density at radius 3 is 2.25 bits per heavy atom. The molecule has 0 saturated heterocycles. The molecule has 0 bridgehead atoms. The van der Waals surface area contributed by atoms with Crippen molar-refractivity contribution in [2.24, 2.45) is 0 Å². The van der Waals surface area contributed by atoms with Gasteiger partial charge in [-0.2, -0.15) is 0 Å². The van der Waals surface area contributed by atoms with Gasteiger partial charge < -0.3 is 19.5 Å². The van der Waals surface area contributed by atoms with E-state index >= 15 is 0 Å². The van der Waals surface area contributed by atoms with Gasteiger partial charge in [0.05, 0.1) is 13.2 Å². The summed E-state index contributed by atoms with van der Waals surface area (Å²) in [5, 5.41) is 17.4. The first-order valence-electron chi connectivity index (χ1n) is 5.38. The van der Waals surface area contributed by atoms with Gasteiger partial charge in [-0.1, -0.05) is 30.3 Å². The molecule has 1 aromatic rings. The van der Waals surface area contributed by atoms with Crippen LogP contribution in [0.5, 0.6) is 0 Å². The first-order valence-corrected chi connectivity index (χ1v) is 5.38. The molecule has 4 nitrogen and oxygen atoms in total. The summed E-state index contributed by atoms with van der Waals surface area (Å²) in [4.78, 5) is 0. The number of aliphatic hydroxyl groups is 2. The van der Waals surface area contributed by atoms with Crippen molar-refractivity contribution < 1.29 is 19.5 Å². The van der Waals surface area contributed by atoms with Gasteiger partial charge in [-0.3, -0.25) is 0 Å². The fourth-order valence-electron chi connectivity index (χ4n) is 1.27. The minimum Gasteiger partial charge on any atom is -0.407 e. The summed E-state index contributed by atoms with van der Waals surface area (Å²) in [5.41, 5.74) is 0.911. The van der Waals surface area contributed by atoms with Crippen molar-refractivity contribution in [3.8, 4) is 0 Å². The third-order valence-corrected chi connectivity index (χ3v) is 2.00. The summed E-state index contributed by atoms with van der Waals surface area (Å²) in [7, 11) is -0.472. The maximum atomic E-state index is 8.71. The van der Waals surface area contributed by atoms with Crippen LogP contribution in [-0.4, -0.2) is 43.8 Å². The molecule has 0 atom stereocenters. The van der Waals surface area contributed by atoms with Crippen molar-refractivity contribution in [2.75, 3.05) is 26.4 Å². The lowest BCUT2D eigenvalue weighted by Crippen LogP contribution is -2.38. The second-order valence-electron chi connectivity index (χ2n) is 3.28. The summed E-state index contributed by atoms with van der Waals surface area (Å²) in [5.74, 6) is 0. The van der Waals surface area contributed by atoms with E-state index in [9.17, 15) is 0 Å². The predicted molar refractivity (Wildman–Crippen MR) is 62.5 cm³/mol. The van der Waals surface area contributed by atoms with Gasteiger partial charge in [-0.15, -0.1) is 0 Å². The highest BCUT2D eigenvalue weighted by Crippen LogP contribution is 1.95. The van der Waals surface area contributed by atoms with Gasteiger partial charge in [-0.25, -0.2) is 0 Å². The average molecular weight is 224 g/mol. The fourth-order valence-corrected chi connectivity index (χ4v) is 1.27. The zero-order valence-corrected chi connectivity index (χ0v) is 9.21. The van der Waals surface area contributed by atoms with Crippen LogP contribution in [0.2, 0.25) is 0 Å². The lowest BCUT2D eigenvalue weighted by atomic mass is 9.79. The van der Waals surface area contributed by atoms with Crippen LogP contribution in [0.15, 0.2) is 30.3 Å². The molecule has 1 aromatic carbocycles. The van der Waals surface area contributed by atoms with Crippen LogP contribution < -0.4 is 5.46 Å². The van der Waals surface area contributed by atoms with E-state index in [1.807, 2.05) is 30.3 Å². The van der Waals surface area contributed by atoms with Crippen molar-refractivity contribution in [3.05, 3.63) is 30.3 Å². The number of benzene rings is 1. The highest BCUT2D eigenvalue weighted by atomic mass is 16.6. The minimum atomic E-state index is -0.472. The Morgan fingerprint density at radius 2 is 1.62 bits per heavy atom. The molecule has 0 radical (unpaired) electrons. The Hall–Kier alpha value is -0.875. The molecule has 16 heavy (non-hydrogen) atoms. The Balaban J connectivity index is 2.49. The molecule has 0 aliphatic rings. The van der Waals surface area contributed by atoms with E-state index in [2.05, 4.69) is 0 Å². The monoisotopic (exact) mass is 224 g/mol. The third-order valence-electron chi connectivity index (χ3n) is 2.00. The standard InChI is InChI=1S/C11H17BO4/c13-7-4-9-15-12(16-10-8-14)11-5-2-1-3-6-11/h1-3,5-6,13-14H,4,7-10H2. The van der Waals surface area contributed by atoms with Gasteiger partial charge in [-0.05, 0) is 11.9 Å². The van der Waals surface area contributed by atoms with Crippen molar-refractivity contribution in [1.82, 2.24) is 0 Å². The molecule has 88 valence electrons. The van der Waals surface area contributed by atoms with E-state index in [0.29, 0.717) is 13.0 Å². The summed E-state index contributed by atoms with van der Waals surface area (Å²) in [6.45, 7) is 0.731. The summed E-state index contributed by atoms with van der Waals surface area (Å²) < 4.78 is 10.8. The van der Waals surface area contributed by atoms with Crippen LogP contribution in [0.1, 0.15) is 6.42 Å². The lowest BCUT2D eigenvalue weighted by Gasteiger charge is -2.13.